The zero-order chi connectivity index (χ0) is 25.3. The van der Waals surface area contributed by atoms with Crippen LogP contribution in [0.15, 0.2) is 54.9 Å². The molecule has 0 spiro atoms. The Morgan fingerprint density at radius 1 is 0.853 bits per heavy atom. The van der Waals surface area contributed by atoms with E-state index in [-0.39, 0.29) is 11.1 Å². The highest BCUT2D eigenvalue weighted by molar-refractivity contribution is 6.31. The lowest BCUT2D eigenvalue weighted by molar-refractivity contribution is -0.141. The highest BCUT2D eigenvalue weighted by Crippen LogP contribution is 2.35. The van der Waals surface area contributed by atoms with Gasteiger partial charge in [0.25, 0.3) is 5.91 Å². The van der Waals surface area contributed by atoms with Crippen LogP contribution in [0.1, 0.15) is 27.3 Å². The van der Waals surface area contributed by atoms with Crippen LogP contribution in [0, 0.1) is 0 Å². The number of alkyl halides is 8. The average molecular weight is 510 g/mol. The predicted molar refractivity (Wildman–Crippen MR) is 105 cm³/mol. The highest BCUT2D eigenvalue weighted by atomic mass is 35.5. The molecule has 1 aromatic carbocycles. The number of rotatable bonds is 5. The van der Waals surface area contributed by atoms with Gasteiger partial charge in [-0.1, -0.05) is 29.8 Å². The second kappa shape index (κ2) is 9.16. The number of pyridine rings is 2. The summed E-state index contributed by atoms with van der Waals surface area (Å²) in [5, 5.41) is 1.16. The third-order valence-electron chi connectivity index (χ3n) is 4.52. The van der Waals surface area contributed by atoms with Crippen LogP contribution in [0.3, 0.4) is 0 Å². The molecule has 4 nitrogen and oxygen atoms in total. The number of hydrogen-bond donors (Lipinski definition) is 1. The van der Waals surface area contributed by atoms with Gasteiger partial charge in [-0.05, 0) is 24.3 Å². The Bertz CT molecular complexity index is 1190. The minimum absolute atomic E-state index is 0.0916. The minimum Gasteiger partial charge on any atom is -0.346 e. The van der Waals surface area contributed by atoms with Crippen molar-refractivity contribution in [1.29, 1.82) is 0 Å². The lowest BCUT2D eigenvalue weighted by Crippen LogP contribution is -2.36. The van der Waals surface area contributed by atoms with Crippen molar-refractivity contribution in [2.45, 2.75) is 18.3 Å². The summed E-state index contributed by atoms with van der Waals surface area (Å²) in [5.74, 6) is -5.26. The summed E-state index contributed by atoms with van der Waals surface area (Å²) in [4.78, 5) is 18.9. The lowest BCUT2D eigenvalue weighted by Gasteiger charge is -2.19. The van der Waals surface area contributed by atoms with E-state index >= 15 is 0 Å². The summed E-state index contributed by atoms with van der Waals surface area (Å²) in [6.07, 6.45) is -7.75. The molecule has 180 valence electrons. The van der Waals surface area contributed by atoms with Gasteiger partial charge in [0.05, 0.1) is 22.7 Å². The van der Waals surface area contributed by atoms with Crippen LogP contribution in [0.25, 0.3) is 11.1 Å². The van der Waals surface area contributed by atoms with E-state index in [2.05, 4.69) is 9.97 Å². The maximum Gasteiger partial charge on any atom is 0.433 e. The summed E-state index contributed by atoms with van der Waals surface area (Å²) < 4.78 is 106. The average Bonchev–Trinajstić information content (AvgIpc) is 2.76. The number of benzene rings is 1. The van der Waals surface area contributed by atoms with Gasteiger partial charge in [-0.25, -0.2) is 0 Å². The smallest absolute Gasteiger partial charge is 0.346 e. The Kier molecular flexibility index (Phi) is 6.83. The molecule has 2 heterocycles. The Morgan fingerprint density at radius 3 is 2.06 bits per heavy atom. The van der Waals surface area contributed by atoms with Gasteiger partial charge in [-0.15, -0.1) is 0 Å². The maximum absolute atomic E-state index is 14.6. The van der Waals surface area contributed by atoms with E-state index in [1.54, 1.807) is 5.32 Å². The number of nitrogens with one attached hydrogen (secondary N) is 1. The molecule has 0 radical (unpaired) electrons. The van der Waals surface area contributed by atoms with Gasteiger partial charge in [0, 0.05) is 23.5 Å². The second-order valence-corrected chi connectivity index (χ2v) is 7.32. The van der Waals surface area contributed by atoms with Crippen LogP contribution < -0.4 is 5.32 Å². The van der Waals surface area contributed by atoms with E-state index in [1.165, 1.54) is 0 Å². The Labute approximate surface area is 191 Å². The van der Waals surface area contributed by atoms with Crippen molar-refractivity contribution in [1.82, 2.24) is 15.3 Å². The molecule has 0 bridgehead atoms. The number of carbonyl (C=O) groups excluding carboxylic acids is 1. The molecule has 0 aliphatic heterocycles. The number of nitrogens with zero attached hydrogens (tertiary/aromatic N) is 2. The number of aromatic nitrogens is 2. The fourth-order valence-electron chi connectivity index (χ4n) is 2.90. The summed E-state index contributed by atoms with van der Waals surface area (Å²) in [7, 11) is 0. The largest absolute Gasteiger partial charge is 0.433 e. The molecule has 0 aliphatic carbocycles. The van der Waals surface area contributed by atoms with Crippen LogP contribution in [0.5, 0.6) is 0 Å². The molecular formula is C21H12ClF8N3O. The molecule has 2 aromatic heterocycles. The molecule has 1 N–H and O–H groups in total. The van der Waals surface area contributed by atoms with Gasteiger partial charge < -0.3 is 5.32 Å². The molecular weight excluding hydrogens is 498 g/mol. The number of halogens is 9. The summed E-state index contributed by atoms with van der Waals surface area (Å²) in [5.41, 5.74) is -4.05. The van der Waals surface area contributed by atoms with Crippen molar-refractivity contribution in [2.24, 2.45) is 0 Å². The van der Waals surface area contributed by atoms with E-state index in [9.17, 15) is 39.9 Å². The third kappa shape index (κ3) is 5.61. The van der Waals surface area contributed by atoms with Crippen LogP contribution >= 0.6 is 11.6 Å². The molecule has 13 heteroatoms. The van der Waals surface area contributed by atoms with Crippen LogP contribution in [-0.2, 0) is 18.3 Å². The van der Waals surface area contributed by atoms with E-state index in [4.69, 9.17) is 11.6 Å². The molecule has 34 heavy (non-hydrogen) atoms. The van der Waals surface area contributed by atoms with Gasteiger partial charge in [0.1, 0.15) is 11.4 Å². The van der Waals surface area contributed by atoms with Crippen LogP contribution in [-0.4, -0.2) is 22.4 Å². The fourth-order valence-corrected chi connectivity index (χ4v) is 3.20. The van der Waals surface area contributed by atoms with Crippen LogP contribution in [0.4, 0.5) is 35.1 Å². The first-order chi connectivity index (χ1) is 15.7. The monoisotopic (exact) mass is 509 g/mol. The van der Waals surface area contributed by atoms with Crippen molar-refractivity contribution in [3.63, 3.8) is 0 Å². The number of hydrogen-bond acceptors (Lipinski definition) is 3. The van der Waals surface area contributed by atoms with Gasteiger partial charge in [0.2, 0.25) is 0 Å². The molecule has 0 fully saturated rings. The standard InChI is InChI=1S/C21H12ClF8N3O/c22-15-7-12(11-5-6-16(31-8-11)21(28,29)30)9-32-17(15)19(23,24)10-33-18(34)13-3-1-2-4-14(13)20(25,26)27/h1-9H,10H2,(H,33,34). The first kappa shape index (κ1) is 25.3. The Balaban J connectivity index is 1.78. The topological polar surface area (TPSA) is 54.9 Å². The zero-order valence-electron chi connectivity index (χ0n) is 16.6. The van der Waals surface area contributed by atoms with E-state index in [0.29, 0.717) is 12.1 Å². The highest BCUT2D eigenvalue weighted by Gasteiger charge is 2.38. The fraction of sp³-hybridized carbons (Fsp3) is 0.190. The first-order valence-corrected chi connectivity index (χ1v) is 9.60. The van der Waals surface area contributed by atoms with Crippen molar-refractivity contribution in [2.75, 3.05) is 6.54 Å². The van der Waals surface area contributed by atoms with E-state index < -0.39 is 58.3 Å². The number of amides is 1. The van der Waals surface area contributed by atoms with Gasteiger partial charge in [0.15, 0.2) is 0 Å². The van der Waals surface area contributed by atoms with E-state index in [1.807, 2.05) is 0 Å². The Morgan fingerprint density at radius 2 is 1.50 bits per heavy atom. The quantitative estimate of drug-likeness (QED) is 0.407. The third-order valence-corrected chi connectivity index (χ3v) is 4.81. The normalized spacial score (nSPS) is 12.5. The van der Waals surface area contributed by atoms with Crippen molar-refractivity contribution < 1.29 is 39.9 Å². The van der Waals surface area contributed by atoms with Gasteiger partial charge in [-0.2, -0.15) is 35.1 Å². The van der Waals surface area contributed by atoms with E-state index in [0.717, 1.165) is 42.7 Å². The molecule has 0 atom stereocenters. The van der Waals surface area contributed by atoms with Crippen LogP contribution in [0.2, 0.25) is 5.02 Å². The predicted octanol–water partition coefficient (Wildman–Crippen LogP) is 6.36. The second-order valence-electron chi connectivity index (χ2n) is 6.91. The van der Waals surface area contributed by atoms with Crippen molar-refractivity contribution in [3.8, 4) is 11.1 Å². The minimum atomic E-state index is -4.87. The van der Waals surface area contributed by atoms with Crippen molar-refractivity contribution >= 4 is 17.5 Å². The van der Waals surface area contributed by atoms with Crippen molar-refractivity contribution in [3.05, 3.63) is 82.4 Å². The molecule has 0 unspecified atom stereocenters. The summed E-state index contributed by atoms with van der Waals surface area (Å²) in [6, 6.07) is 6.44. The Hall–Kier alpha value is -3.28. The first-order valence-electron chi connectivity index (χ1n) is 9.22. The zero-order valence-corrected chi connectivity index (χ0v) is 17.4. The van der Waals surface area contributed by atoms with Gasteiger partial charge in [-0.3, -0.25) is 14.8 Å². The molecule has 0 saturated heterocycles. The molecule has 3 rings (SSSR count). The summed E-state index contributed by atoms with van der Waals surface area (Å²) in [6.45, 7) is -1.41. The maximum atomic E-state index is 14.6. The van der Waals surface area contributed by atoms with Gasteiger partial charge >= 0.3 is 18.3 Å². The lowest BCUT2D eigenvalue weighted by atomic mass is 10.1. The summed E-state index contributed by atoms with van der Waals surface area (Å²) >= 11 is 5.88. The SMILES string of the molecule is O=C(NCC(F)(F)c1ncc(-c2ccc(C(F)(F)F)nc2)cc1Cl)c1ccccc1C(F)(F)F. The molecule has 1 amide bonds. The molecule has 0 saturated carbocycles. The molecule has 3 aromatic rings. The number of carbonyl (C=O) groups is 1. The molecule has 0 aliphatic rings.